The van der Waals surface area contributed by atoms with Gasteiger partial charge in [0, 0.05) is 17.6 Å². The van der Waals surface area contributed by atoms with Crippen molar-refractivity contribution in [1.29, 1.82) is 0 Å². The van der Waals surface area contributed by atoms with Gasteiger partial charge in [-0.25, -0.2) is 4.39 Å². The molecule has 0 aliphatic rings. The van der Waals surface area contributed by atoms with Crippen LogP contribution >= 0.6 is 0 Å². The maximum Gasteiger partial charge on any atom is 0.128 e. The predicted molar refractivity (Wildman–Crippen MR) is 67.1 cm³/mol. The molecule has 0 heterocycles. The smallest absolute Gasteiger partial charge is 0.128 e. The largest absolute Gasteiger partial charge is 0.394 e. The second-order valence-electron chi connectivity index (χ2n) is 4.85. The van der Waals surface area contributed by atoms with Crippen LogP contribution in [0.15, 0.2) is 24.3 Å². The van der Waals surface area contributed by atoms with Crippen LogP contribution in [0.3, 0.4) is 0 Å². The van der Waals surface area contributed by atoms with Gasteiger partial charge >= 0.3 is 0 Å². The van der Waals surface area contributed by atoms with Crippen LogP contribution in [0, 0.1) is 5.82 Å². The van der Waals surface area contributed by atoms with E-state index in [-0.39, 0.29) is 18.5 Å². The van der Waals surface area contributed by atoms with Gasteiger partial charge in [-0.05, 0) is 27.0 Å². The third kappa shape index (κ3) is 3.03. The number of aliphatic hydroxyl groups is 1. The van der Waals surface area contributed by atoms with E-state index in [2.05, 4.69) is 0 Å². The second-order valence-corrected chi connectivity index (χ2v) is 4.85. The van der Waals surface area contributed by atoms with Crippen LogP contribution in [-0.4, -0.2) is 35.7 Å². The first-order chi connectivity index (χ1) is 7.94. The summed E-state index contributed by atoms with van der Waals surface area (Å²) in [5.74, 6) is -0.261. The minimum Gasteiger partial charge on any atom is -0.394 e. The molecule has 3 N–H and O–H groups in total. The summed E-state index contributed by atoms with van der Waals surface area (Å²) in [5.41, 5.74) is 5.87. The van der Waals surface area contributed by atoms with Crippen molar-refractivity contribution in [3.8, 4) is 0 Å². The van der Waals surface area contributed by atoms with Gasteiger partial charge in [0.15, 0.2) is 0 Å². The molecule has 1 atom stereocenters. The Labute approximate surface area is 102 Å². The lowest BCUT2D eigenvalue weighted by Gasteiger charge is -2.39. The maximum atomic E-state index is 13.7. The van der Waals surface area contributed by atoms with Gasteiger partial charge in [0.2, 0.25) is 0 Å². The molecule has 0 bridgehead atoms. The summed E-state index contributed by atoms with van der Waals surface area (Å²) in [5, 5.41) is 9.35. The number of halogens is 1. The average molecular weight is 240 g/mol. The van der Waals surface area contributed by atoms with Crippen molar-refractivity contribution in [2.75, 3.05) is 20.2 Å². The third-order valence-electron chi connectivity index (χ3n) is 3.30. The summed E-state index contributed by atoms with van der Waals surface area (Å²) in [7, 11) is 1.85. The number of hydrogen-bond donors (Lipinski definition) is 2. The predicted octanol–water partition coefficient (Wildman–Crippen LogP) is 1.53. The zero-order valence-corrected chi connectivity index (χ0v) is 10.7. The molecule has 0 saturated carbocycles. The summed E-state index contributed by atoms with van der Waals surface area (Å²) in [6, 6.07) is 6.37. The molecule has 0 saturated heterocycles. The molecule has 0 aliphatic carbocycles. The lowest BCUT2D eigenvalue weighted by atomic mass is 9.97. The van der Waals surface area contributed by atoms with Gasteiger partial charge in [-0.2, -0.15) is 0 Å². The summed E-state index contributed by atoms with van der Waals surface area (Å²) in [4.78, 5) is 1.91. The lowest BCUT2D eigenvalue weighted by Crippen LogP contribution is -2.48. The molecule has 1 unspecified atom stereocenters. The van der Waals surface area contributed by atoms with E-state index in [4.69, 9.17) is 5.73 Å². The zero-order valence-electron chi connectivity index (χ0n) is 10.7. The van der Waals surface area contributed by atoms with Crippen LogP contribution in [0.1, 0.15) is 25.5 Å². The van der Waals surface area contributed by atoms with Gasteiger partial charge in [-0.3, -0.25) is 4.90 Å². The molecule has 1 aromatic carbocycles. The highest BCUT2D eigenvalue weighted by atomic mass is 19.1. The minimum atomic E-state index is -0.438. The van der Waals surface area contributed by atoms with Crippen molar-refractivity contribution in [2.24, 2.45) is 5.73 Å². The molecule has 0 radical (unpaired) electrons. The monoisotopic (exact) mass is 240 g/mol. The SMILES string of the molecule is CN(C(CN)c1ccccc1F)C(C)(C)CO. The van der Waals surface area contributed by atoms with Crippen LogP contribution in [0.25, 0.3) is 0 Å². The fourth-order valence-electron chi connectivity index (χ4n) is 1.77. The summed E-state index contributed by atoms with van der Waals surface area (Å²) >= 11 is 0. The van der Waals surface area contributed by atoms with Crippen molar-refractivity contribution in [3.63, 3.8) is 0 Å². The van der Waals surface area contributed by atoms with E-state index in [1.165, 1.54) is 6.07 Å². The highest BCUT2D eigenvalue weighted by Gasteiger charge is 2.30. The Morgan fingerprint density at radius 2 is 2.00 bits per heavy atom. The number of benzene rings is 1. The topological polar surface area (TPSA) is 49.5 Å². The van der Waals surface area contributed by atoms with Crippen molar-refractivity contribution in [3.05, 3.63) is 35.6 Å². The van der Waals surface area contributed by atoms with Gasteiger partial charge < -0.3 is 10.8 Å². The fourth-order valence-corrected chi connectivity index (χ4v) is 1.77. The third-order valence-corrected chi connectivity index (χ3v) is 3.30. The van der Waals surface area contributed by atoms with Crippen molar-refractivity contribution in [1.82, 2.24) is 4.90 Å². The van der Waals surface area contributed by atoms with Gasteiger partial charge in [0.1, 0.15) is 5.82 Å². The van der Waals surface area contributed by atoms with Crippen LogP contribution < -0.4 is 5.73 Å². The van der Waals surface area contributed by atoms with Crippen LogP contribution in [0.2, 0.25) is 0 Å². The Kier molecular flexibility index (Phi) is 4.62. The van der Waals surface area contributed by atoms with E-state index in [1.54, 1.807) is 18.2 Å². The molecular formula is C13H21FN2O. The normalized spacial score (nSPS) is 14.1. The van der Waals surface area contributed by atoms with Crippen LogP contribution in [0.5, 0.6) is 0 Å². The molecule has 4 heteroatoms. The Bertz CT molecular complexity index is 368. The van der Waals surface area contributed by atoms with Crippen molar-refractivity contribution >= 4 is 0 Å². The number of nitrogens with zero attached hydrogens (tertiary/aromatic N) is 1. The summed E-state index contributed by atoms with van der Waals surface area (Å²) in [6.45, 7) is 4.10. The fraction of sp³-hybridized carbons (Fsp3) is 0.538. The van der Waals surface area contributed by atoms with Gasteiger partial charge in [-0.1, -0.05) is 18.2 Å². The second kappa shape index (κ2) is 5.58. The first-order valence-electron chi connectivity index (χ1n) is 5.72. The van der Waals surface area contributed by atoms with Crippen LogP contribution in [-0.2, 0) is 0 Å². The molecule has 0 fully saturated rings. The molecular weight excluding hydrogens is 219 g/mol. The van der Waals surface area contributed by atoms with E-state index in [0.717, 1.165) is 0 Å². The number of aliphatic hydroxyl groups excluding tert-OH is 1. The first-order valence-corrected chi connectivity index (χ1v) is 5.72. The van der Waals surface area contributed by atoms with Gasteiger partial charge in [0.05, 0.1) is 12.6 Å². The number of hydrogen-bond acceptors (Lipinski definition) is 3. The zero-order chi connectivity index (χ0) is 13.1. The standard InChI is InChI=1S/C13H21FN2O/c1-13(2,9-17)16(3)12(8-15)10-6-4-5-7-11(10)14/h4-7,12,17H,8-9,15H2,1-3H3. The summed E-state index contributed by atoms with van der Waals surface area (Å²) in [6.07, 6.45) is 0. The Morgan fingerprint density at radius 3 is 2.47 bits per heavy atom. The van der Waals surface area contributed by atoms with Crippen molar-refractivity contribution < 1.29 is 9.50 Å². The lowest BCUT2D eigenvalue weighted by molar-refractivity contribution is 0.0459. The van der Waals surface area contributed by atoms with Gasteiger partial charge in [-0.15, -0.1) is 0 Å². The quantitative estimate of drug-likeness (QED) is 0.820. The number of rotatable bonds is 5. The maximum absolute atomic E-state index is 13.7. The number of nitrogens with two attached hydrogens (primary N) is 1. The number of likely N-dealkylation sites (N-methyl/N-ethyl adjacent to an activating group) is 1. The molecule has 0 amide bonds. The highest BCUT2D eigenvalue weighted by molar-refractivity contribution is 5.22. The van der Waals surface area contributed by atoms with E-state index >= 15 is 0 Å². The van der Waals surface area contributed by atoms with E-state index in [9.17, 15) is 9.50 Å². The summed E-state index contributed by atoms with van der Waals surface area (Å²) < 4.78 is 13.7. The van der Waals surface area contributed by atoms with E-state index in [1.807, 2.05) is 25.8 Å². The Balaban J connectivity index is 3.04. The first kappa shape index (κ1) is 14.1. The molecule has 96 valence electrons. The molecule has 17 heavy (non-hydrogen) atoms. The Morgan fingerprint density at radius 1 is 1.41 bits per heavy atom. The molecule has 1 aromatic rings. The van der Waals surface area contributed by atoms with Gasteiger partial charge in [0.25, 0.3) is 0 Å². The minimum absolute atomic E-state index is 0.00550. The molecule has 0 aromatic heterocycles. The highest BCUT2D eigenvalue weighted by Crippen LogP contribution is 2.27. The van der Waals surface area contributed by atoms with E-state index < -0.39 is 5.54 Å². The molecule has 0 aliphatic heterocycles. The van der Waals surface area contributed by atoms with Crippen molar-refractivity contribution in [2.45, 2.75) is 25.4 Å². The molecule has 0 spiro atoms. The van der Waals surface area contributed by atoms with Crippen LogP contribution in [0.4, 0.5) is 4.39 Å². The molecule has 1 rings (SSSR count). The molecule has 3 nitrogen and oxygen atoms in total. The average Bonchev–Trinajstić information content (AvgIpc) is 2.32. The van der Waals surface area contributed by atoms with E-state index in [0.29, 0.717) is 12.1 Å². The Hall–Kier alpha value is -0.970.